The summed E-state index contributed by atoms with van der Waals surface area (Å²) in [5.41, 5.74) is 1.81. The molecule has 2 aliphatic rings. The molecular weight excluding hydrogens is 350 g/mol. The van der Waals surface area contributed by atoms with Crippen LogP contribution in [0.1, 0.15) is 48.2 Å². The predicted octanol–water partition coefficient (Wildman–Crippen LogP) is 3.18. The van der Waals surface area contributed by atoms with Gasteiger partial charge in [-0.2, -0.15) is 0 Å². The van der Waals surface area contributed by atoms with Crippen molar-refractivity contribution in [2.24, 2.45) is 0 Å². The third kappa shape index (κ3) is 4.87. The van der Waals surface area contributed by atoms with Gasteiger partial charge in [-0.3, -0.25) is 9.69 Å². The van der Waals surface area contributed by atoms with Gasteiger partial charge in [0, 0.05) is 45.0 Å². The summed E-state index contributed by atoms with van der Waals surface area (Å²) in [6.45, 7) is 4.19. The smallest absolute Gasteiger partial charge is 0.272 e. The summed E-state index contributed by atoms with van der Waals surface area (Å²) in [5.74, 6) is 0.592. The molecule has 1 aromatic carbocycles. The highest BCUT2D eigenvalue weighted by Gasteiger charge is 2.23. The lowest BCUT2D eigenvalue weighted by atomic mass is 9.96. The average molecular weight is 380 g/mol. The minimum atomic E-state index is 0.00783. The van der Waals surface area contributed by atoms with Crippen molar-refractivity contribution in [3.63, 3.8) is 0 Å². The van der Waals surface area contributed by atoms with Gasteiger partial charge in [0.2, 0.25) is 5.95 Å². The van der Waals surface area contributed by atoms with Crippen molar-refractivity contribution in [3.8, 4) is 0 Å². The van der Waals surface area contributed by atoms with Crippen molar-refractivity contribution in [1.82, 2.24) is 19.8 Å². The standard InChI is InChI=1S/C22H29N5O/c28-21(20-11-12-23-22(25-20)24-19-9-5-2-6-10-19)27-15-13-26(14-16-27)17-18-7-3-1-4-8-18/h1,3-4,7-8,11-12,19H,2,5-6,9-10,13-17H2,(H,23,24,25). The van der Waals surface area contributed by atoms with Crippen LogP contribution in [0.15, 0.2) is 42.6 Å². The third-order valence-electron chi connectivity index (χ3n) is 5.72. The molecule has 1 N–H and O–H groups in total. The van der Waals surface area contributed by atoms with Crippen LogP contribution in [0.25, 0.3) is 0 Å². The van der Waals surface area contributed by atoms with E-state index in [1.807, 2.05) is 11.0 Å². The Balaban J connectivity index is 1.31. The largest absolute Gasteiger partial charge is 0.351 e. The van der Waals surface area contributed by atoms with Gasteiger partial charge in [-0.15, -0.1) is 0 Å². The van der Waals surface area contributed by atoms with E-state index in [1.54, 1.807) is 12.3 Å². The van der Waals surface area contributed by atoms with Gasteiger partial charge in [-0.05, 0) is 24.5 Å². The maximum absolute atomic E-state index is 12.9. The highest BCUT2D eigenvalue weighted by atomic mass is 16.2. The maximum atomic E-state index is 12.9. The number of nitrogens with zero attached hydrogens (tertiary/aromatic N) is 4. The summed E-state index contributed by atoms with van der Waals surface area (Å²) in [6, 6.07) is 12.6. The van der Waals surface area contributed by atoms with Crippen LogP contribution in [-0.2, 0) is 6.54 Å². The molecule has 2 fully saturated rings. The molecule has 2 aromatic rings. The molecule has 4 rings (SSSR count). The van der Waals surface area contributed by atoms with Crippen LogP contribution >= 0.6 is 0 Å². The molecule has 1 aliphatic carbocycles. The van der Waals surface area contributed by atoms with Gasteiger partial charge in [0.05, 0.1) is 0 Å². The minimum Gasteiger partial charge on any atom is -0.351 e. The summed E-state index contributed by atoms with van der Waals surface area (Å²) in [6.07, 6.45) is 7.83. The van der Waals surface area contributed by atoms with Crippen LogP contribution in [0.5, 0.6) is 0 Å². The van der Waals surface area contributed by atoms with Crippen LogP contribution in [0.3, 0.4) is 0 Å². The predicted molar refractivity (Wildman–Crippen MR) is 110 cm³/mol. The monoisotopic (exact) mass is 379 g/mol. The summed E-state index contributed by atoms with van der Waals surface area (Å²) >= 11 is 0. The lowest BCUT2D eigenvalue weighted by molar-refractivity contribution is 0.0622. The summed E-state index contributed by atoms with van der Waals surface area (Å²) in [5, 5.41) is 3.41. The number of anilines is 1. The first-order valence-corrected chi connectivity index (χ1v) is 10.4. The molecule has 6 nitrogen and oxygen atoms in total. The van der Waals surface area contributed by atoms with E-state index in [9.17, 15) is 4.79 Å². The molecule has 0 bridgehead atoms. The second-order valence-corrected chi connectivity index (χ2v) is 7.80. The Bertz CT molecular complexity index is 768. The molecule has 1 saturated carbocycles. The SMILES string of the molecule is O=C(c1ccnc(NC2CCCCC2)n1)N1CCN(Cc2ccccc2)CC1. The Hall–Kier alpha value is -2.47. The molecule has 0 unspecified atom stereocenters. The van der Waals surface area contributed by atoms with E-state index in [0.717, 1.165) is 45.6 Å². The molecular formula is C22H29N5O. The molecule has 6 heteroatoms. The second kappa shape index (κ2) is 9.15. The van der Waals surface area contributed by atoms with Gasteiger partial charge in [-0.1, -0.05) is 49.6 Å². The van der Waals surface area contributed by atoms with Gasteiger partial charge in [0.15, 0.2) is 0 Å². The van der Waals surface area contributed by atoms with E-state index in [-0.39, 0.29) is 5.91 Å². The Morgan fingerprint density at radius 1 is 1.00 bits per heavy atom. The van der Waals surface area contributed by atoms with E-state index in [4.69, 9.17) is 0 Å². The van der Waals surface area contributed by atoms with Gasteiger partial charge in [-0.25, -0.2) is 9.97 Å². The van der Waals surface area contributed by atoms with E-state index < -0.39 is 0 Å². The quantitative estimate of drug-likeness (QED) is 0.865. The summed E-state index contributed by atoms with van der Waals surface area (Å²) in [4.78, 5) is 26.0. The third-order valence-corrected chi connectivity index (χ3v) is 5.72. The maximum Gasteiger partial charge on any atom is 0.272 e. The van der Waals surface area contributed by atoms with Crippen molar-refractivity contribution < 1.29 is 4.79 Å². The van der Waals surface area contributed by atoms with Crippen molar-refractivity contribution >= 4 is 11.9 Å². The first-order chi connectivity index (χ1) is 13.8. The van der Waals surface area contributed by atoms with Crippen LogP contribution in [0.2, 0.25) is 0 Å². The van der Waals surface area contributed by atoms with E-state index >= 15 is 0 Å². The number of benzene rings is 1. The molecule has 28 heavy (non-hydrogen) atoms. The molecule has 1 aromatic heterocycles. The normalized spacial score (nSPS) is 18.8. The fourth-order valence-corrected chi connectivity index (χ4v) is 4.09. The Kier molecular flexibility index (Phi) is 6.17. The molecule has 1 aliphatic heterocycles. The van der Waals surface area contributed by atoms with Crippen LogP contribution in [0.4, 0.5) is 5.95 Å². The summed E-state index contributed by atoms with van der Waals surface area (Å²) in [7, 11) is 0. The first-order valence-electron chi connectivity index (χ1n) is 10.4. The Morgan fingerprint density at radius 3 is 2.50 bits per heavy atom. The topological polar surface area (TPSA) is 61.4 Å². The molecule has 1 amide bonds. The van der Waals surface area contributed by atoms with Crippen molar-refractivity contribution in [2.45, 2.75) is 44.7 Å². The number of aromatic nitrogens is 2. The Morgan fingerprint density at radius 2 is 1.75 bits per heavy atom. The highest BCUT2D eigenvalue weighted by molar-refractivity contribution is 5.92. The minimum absolute atomic E-state index is 0.00783. The number of carbonyl (C=O) groups is 1. The van der Waals surface area contributed by atoms with Crippen LogP contribution in [-0.4, -0.2) is 57.9 Å². The van der Waals surface area contributed by atoms with E-state index in [2.05, 4.69) is 44.5 Å². The Labute approximate surface area is 167 Å². The van der Waals surface area contributed by atoms with Crippen molar-refractivity contribution in [1.29, 1.82) is 0 Å². The first kappa shape index (κ1) is 18.9. The number of rotatable bonds is 5. The molecule has 1 saturated heterocycles. The number of amides is 1. The second-order valence-electron chi connectivity index (χ2n) is 7.80. The molecule has 0 atom stereocenters. The van der Waals surface area contributed by atoms with E-state index in [1.165, 1.54) is 24.8 Å². The average Bonchev–Trinajstić information content (AvgIpc) is 2.75. The fourth-order valence-electron chi connectivity index (χ4n) is 4.09. The number of hydrogen-bond donors (Lipinski definition) is 1. The summed E-state index contributed by atoms with van der Waals surface area (Å²) < 4.78 is 0. The number of carbonyl (C=O) groups excluding carboxylic acids is 1. The van der Waals surface area contributed by atoms with Gasteiger partial charge in [0.1, 0.15) is 5.69 Å². The fraction of sp³-hybridized carbons (Fsp3) is 0.500. The number of piperazine rings is 1. The molecule has 148 valence electrons. The lowest BCUT2D eigenvalue weighted by Crippen LogP contribution is -2.48. The lowest BCUT2D eigenvalue weighted by Gasteiger charge is -2.34. The molecule has 0 spiro atoms. The van der Waals surface area contributed by atoms with Crippen molar-refractivity contribution in [2.75, 3.05) is 31.5 Å². The number of hydrogen-bond acceptors (Lipinski definition) is 5. The zero-order chi connectivity index (χ0) is 19.2. The zero-order valence-corrected chi connectivity index (χ0v) is 16.4. The van der Waals surface area contributed by atoms with Crippen LogP contribution < -0.4 is 5.32 Å². The van der Waals surface area contributed by atoms with Gasteiger partial charge >= 0.3 is 0 Å². The molecule has 2 heterocycles. The molecule has 0 radical (unpaired) electrons. The van der Waals surface area contributed by atoms with Gasteiger partial charge in [0.25, 0.3) is 5.91 Å². The van der Waals surface area contributed by atoms with E-state index in [0.29, 0.717) is 17.7 Å². The highest BCUT2D eigenvalue weighted by Crippen LogP contribution is 2.20. The number of nitrogens with one attached hydrogen (secondary N) is 1. The zero-order valence-electron chi connectivity index (χ0n) is 16.4. The van der Waals surface area contributed by atoms with Crippen LogP contribution in [0, 0.1) is 0 Å². The van der Waals surface area contributed by atoms with Crippen molar-refractivity contribution in [3.05, 3.63) is 53.9 Å². The van der Waals surface area contributed by atoms with Gasteiger partial charge < -0.3 is 10.2 Å².